The van der Waals surface area contributed by atoms with E-state index in [9.17, 15) is 23.3 Å². The lowest BCUT2D eigenvalue weighted by Gasteiger charge is -2.56. The average molecular weight is 916 g/mol. The summed E-state index contributed by atoms with van der Waals surface area (Å²) >= 11 is 0. The SMILES string of the molecule is CC(C)c1ccccc1[C@H]1CCCN1C1CC2(CCN(c3ccc(C(=O)NS(=O)(=O)c4cnc(NCC5CCCCC5)c([N+](=O)[O-])c4)c(N4CCCOc5nc6[nH]ccc6cc54)c3)CC2)C1. The quantitative estimate of drug-likeness (QED) is 0.0799. The Labute approximate surface area is 386 Å². The molecule has 0 unspecified atom stereocenters. The molecule has 0 radical (unpaired) electrons. The van der Waals surface area contributed by atoms with Gasteiger partial charge in [-0.3, -0.25) is 19.8 Å². The first kappa shape index (κ1) is 44.1. The van der Waals surface area contributed by atoms with E-state index in [1.165, 1.54) is 43.2 Å². The topological polar surface area (TPSA) is 179 Å². The minimum absolute atomic E-state index is 0.00478. The smallest absolute Gasteiger partial charge is 0.312 e. The van der Waals surface area contributed by atoms with Crippen LogP contribution in [0.5, 0.6) is 5.88 Å². The van der Waals surface area contributed by atoms with Gasteiger partial charge in [0, 0.05) is 61.6 Å². The molecule has 5 aliphatic rings. The molecule has 3 N–H and O–H groups in total. The number of benzene rings is 2. The van der Waals surface area contributed by atoms with Gasteiger partial charge in [-0.25, -0.2) is 18.1 Å². The summed E-state index contributed by atoms with van der Waals surface area (Å²) in [6, 6.07) is 20.5. The molecule has 2 saturated carbocycles. The van der Waals surface area contributed by atoms with Crippen molar-refractivity contribution >= 4 is 55.5 Å². The molecule has 2 aliphatic carbocycles. The molecule has 66 heavy (non-hydrogen) atoms. The molecule has 16 heteroatoms. The van der Waals surface area contributed by atoms with E-state index in [0.717, 1.165) is 81.5 Å². The Hall–Kier alpha value is -5.74. The zero-order valence-corrected chi connectivity index (χ0v) is 38.8. The van der Waals surface area contributed by atoms with E-state index >= 15 is 0 Å². The van der Waals surface area contributed by atoms with Crippen molar-refractivity contribution in [1.82, 2.24) is 24.6 Å². The van der Waals surface area contributed by atoms with E-state index < -0.39 is 31.4 Å². The fourth-order valence-electron chi connectivity index (χ4n) is 11.6. The van der Waals surface area contributed by atoms with Crippen LogP contribution in [0.3, 0.4) is 0 Å². The van der Waals surface area contributed by atoms with Gasteiger partial charge in [-0.1, -0.05) is 57.4 Å². The number of ether oxygens (including phenoxy) is 1. The number of piperidine rings is 1. The summed E-state index contributed by atoms with van der Waals surface area (Å²) in [5.74, 6) is 0.414. The number of anilines is 4. The van der Waals surface area contributed by atoms with Crippen LogP contribution in [-0.2, 0) is 10.0 Å². The van der Waals surface area contributed by atoms with E-state index in [1.54, 1.807) is 6.07 Å². The minimum atomic E-state index is -4.60. The third kappa shape index (κ3) is 8.69. The molecule has 3 aromatic heterocycles. The number of carbonyl (C=O) groups is 1. The number of fused-ring (bicyclic) bond motifs is 2. The number of nitrogens with one attached hydrogen (secondary N) is 3. The number of nitro groups is 1. The van der Waals surface area contributed by atoms with Gasteiger partial charge in [-0.15, -0.1) is 0 Å². The second kappa shape index (κ2) is 18.2. The van der Waals surface area contributed by atoms with E-state index in [2.05, 4.69) is 67.9 Å². The van der Waals surface area contributed by atoms with Gasteiger partial charge >= 0.3 is 5.69 Å². The molecule has 348 valence electrons. The number of sulfonamides is 1. The maximum atomic E-state index is 14.4. The molecule has 0 bridgehead atoms. The standard InChI is InChI=1S/C50H61N9O6S/c1-33(2)39-12-6-7-13-40(39)42-14-8-21-57(42)37-29-50(30-37)18-23-56(24-19-50)36-15-16-41(43(27-36)58-22-9-25-65-49-45(58)26-35-17-20-51-46(35)54-49)48(60)55-66(63,64)38-28-44(59(61)62)47(53-32-38)52-31-34-10-4-3-5-11-34/h6-7,12-13,15-17,20,26-28,32-34,37,42H,3-5,8-11,14,18-19,21-25,29-31H2,1-2H3,(H,51,54)(H,52,53)(H,55,60)/t42-/m1/s1. The lowest BCUT2D eigenvalue weighted by Crippen LogP contribution is -2.55. The van der Waals surface area contributed by atoms with Crippen molar-refractivity contribution in [2.75, 3.05) is 54.4 Å². The van der Waals surface area contributed by atoms with E-state index in [1.807, 2.05) is 35.4 Å². The second-order valence-electron chi connectivity index (χ2n) is 19.6. The average Bonchev–Trinajstić information content (AvgIpc) is 3.95. The predicted molar refractivity (Wildman–Crippen MR) is 256 cm³/mol. The molecule has 4 fully saturated rings. The van der Waals surface area contributed by atoms with Gasteiger partial charge in [-0.2, -0.15) is 4.98 Å². The summed E-state index contributed by atoms with van der Waals surface area (Å²) in [7, 11) is -4.60. The van der Waals surface area contributed by atoms with Crippen LogP contribution in [-0.4, -0.2) is 84.5 Å². The Balaban J connectivity index is 0.895. The lowest BCUT2D eigenvalue weighted by molar-refractivity contribution is -0.384. The van der Waals surface area contributed by atoms with Crippen molar-refractivity contribution in [2.45, 2.75) is 114 Å². The van der Waals surface area contributed by atoms with Crippen molar-refractivity contribution in [2.24, 2.45) is 11.3 Å². The summed E-state index contributed by atoms with van der Waals surface area (Å²) in [6.07, 6.45) is 16.0. The number of rotatable bonds is 12. The number of amides is 1. The summed E-state index contributed by atoms with van der Waals surface area (Å²) in [5.41, 5.74) is 5.75. The molecule has 15 nitrogen and oxygen atoms in total. The molecule has 3 aliphatic heterocycles. The number of hydrogen-bond donors (Lipinski definition) is 3. The number of pyridine rings is 2. The monoisotopic (exact) mass is 915 g/mol. The molecule has 1 atom stereocenters. The van der Waals surface area contributed by atoms with E-state index in [4.69, 9.17) is 9.72 Å². The summed E-state index contributed by atoms with van der Waals surface area (Å²) < 4.78 is 36.3. The van der Waals surface area contributed by atoms with Crippen molar-refractivity contribution in [3.8, 4) is 5.88 Å². The van der Waals surface area contributed by atoms with Crippen LogP contribution in [0.15, 0.2) is 78.0 Å². The van der Waals surface area contributed by atoms with Gasteiger partial charge in [0.2, 0.25) is 11.7 Å². The van der Waals surface area contributed by atoms with Gasteiger partial charge in [0.15, 0.2) is 0 Å². The first-order chi connectivity index (χ1) is 31.9. The fraction of sp³-hybridized carbons (Fsp3) is 0.500. The summed E-state index contributed by atoms with van der Waals surface area (Å²) in [6.45, 7) is 8.89. The highest BCUT2D eigenvalue weighted by Gasteiger charge is 2.50. The number of hydrogen-bond acceptors (Lipinski definition) is 12. The predicted octanol–water partition coefficient (Wildman–Crippen LogP) is 9.61. The largest absolute Gasteiger partial charge is 0.476 e. The van der Waals surface area contributed by atoms with Crippen molar-refractivity contribution in [1.29, 1.82) is 0 Å². The highest BCUT2D eigenvalue weighted by atomic mass is 32.2. The second-order valence-corrected chi connectivity index (χ2v) is 21.3. The van der Waals surface area contributed by atoms with Crippen LogP contribution in [0.4, 0.5) is 28.6 Å². The number of aromatic amines is 1. The van der Waals surface area contributed by atoms with Crippen LogP contribution < -0.4 is 24.6 Å². The normalized spacial score (nSPS) is 20.5. The van der Waals surface area contributed by atoms with Gasteiger partial charge in [-0.05, 0) is 123 Å². The third-order valence-electron chi connectivity index (χ3n) is 15.2. The maximum absolute atomic E-state index is 14.4. The Bertz CT molecular complexity index is 2720. The Morgan fingerprint density at radius 2 is 1.76 bits per heavy atom. The minimum Gasteiger partial charge on any atom is -0.476 e. The molecule has 2 saturated heterocycles. The maximum Gasteiger partial charge on any atom is 0.312 e. The number of H-pyrrole nitrogens is 1. The van der Waals surface area contributed by atoms with Crippen molar-refractivity contribution < 1.29 is 22.9 Å². The van der Waals surface area contributed by atoms with Crippen LogP contribution in [0.1, 0.15) is 124 Å². The van der Waals surface area contributed by atoms with Crippen LogP contribution in [0.25, 0.3) is 11.0 Å². The van der Waals surface area contributed by atoms with Crippen molar-refractivity contribution in [3.63, 3.8) is 0 Å². The first-order valence-corrected chi connectivity index (χ1v) is 25.5. The van der Waals surface area contributed by atoms with Gasteiger partial charge in [0.25, 0.3) is 15.9 Å². The zero-order chi connectivity index (χ0) is 45.6. The summed E-state index contributed by atoms with van der Waals surface area (Å²) in [4.78, 5) is 44.8. The Kier molecular flexibility index (Phi) is 12.1. The van der Waals surface area contributed by atoms with E-state index in [-0.39, 0.29) is 11.4 Å². The Morgan fingerprint density at radius 3 is 2.55 bits per heavy atom. The van der Waals surface area contributed by atoms with Gasteiger partial charge in [0.05, 0.1) is 29.0 Å². The van der Waals surface area contributed by atoms with Gasteiger partial charge in [0.1, 0.15) is 16.2 Å². The number of nitrogens with zero attached hydrogens (tertiary/aromatic N) is 6. The zero-order valence-electron chi connectivity index (χ0n) is 38.0. The lowest BCUT2D eigenvalue weighted by atomic mass is 9.59. The molecule has 2 aromatic carbocycles. The Morgan fingerprint density at radius 1 is 0.955 bits per heavy atom. The van der Waals surface area contributed by atoms with Gasteiger partial charge < -0.3 is 24.8 Å². The molecule has 1 spiro atoms. The van der Waals surface area contributed by atoms with Crippen molar-refractivity contribution in [3.05, 3.63) is 99.9 Å². The highest BCUT2D eigenvalue weighted by molar-refractivity contribution is 7.90. The van der Waals surface area contributed by atoms with Crippen LogP contribution in [0.2, 0.25) is 0 Å². The van der Waals surface area contributed by atoms with E-state index in [0.29, 0.717) is 78.4 Å². The molecular weight excluding hydrogens is 855 g/mol. The summed E-state index contributed by atoms with van der Waals surface area (Å²) in [5, 5.41) is 16.1. The third-order valence-corrected chi connectivity index (χ3v) is 16.5. The fourth-order valence-corrected chi connectivity index (χ4v) is 12.5. The molecule has 1 amide bonds. The first-order valence-electron chi connectivity index (χ1n) is 24.0. The molecule has 6 heterocycles. The highest BCUT2D eigenvalue weighted by Crippen LogP contribution is 2.54. The van der Waals surface area contributed by atoms with Crippen LogP contribution in [0, 0.1) is 21.4 Å². The number of likely N-dealkylation sites (tertiary alicyclic amines) is 1. The molecular formula is C50H61N9O6S. The van der Waals surface area contributed by atoms with Crippen LogP contribution >= 0.6 is 0 Å². The number of carbonyl (C=O) groups excluding carboxylic acids is 1. The number of aromatic nitrogens is 3. The molecule has 10 rings (SSSR count). The molecule has 5 aromatic rings.